The summed E-state index contributed by atoms with van der Waals surface area (Å²) >= 11 is 6.03. The smallest absolute Gasteiger partial charge is 0.0659 e. The molecule has 1 saturated carbocycles. The van der Waals surface area contributed by atoms with Crippen LogP contribution >= 0.6 is 11.6 Å². The number of aromatic nitrogens is 2. The monoisotopic (exact) mass is 351 g/mol. The van der Waals surface area contributed by atoms with Gasteiger partial charge in [-0.3, -0.25) is 4.68 Å². The van der Waals surface area contributed by atoms with Crippen molar-refractivity contribution in [2.75, 3.05) is 0 Å². The summed E-state index contributed by atoms with van der Waals surface area (Å²) in [5.74, 6) is 0.744. The summed E-state index contributed by atoms with van der Waals surface area (Å²) in [5.41, 5.74) is 3.92. The molecule has 1 unspecified atom stereocenters. The van der Waals surface area contributed by atoms with Crippen LogP contribution in [0.25, 0.3) is 0 Å². The first kappa shape index (κ1) is 16.4. The number of nitrogens with zero attached hydrogens (tertiary/aromatic N) is 2. The normalized spacial score (nSPS) is 15.2. The van der Waals surface area contributed by atoms with Crippen molar-refractivity contribution in [2.45, 2.75) is 32.0 Å². The molecule has 0 radical (unpaired) electrons. The SMILES string of the molecule is Clc1ccc(C(NCc2cccc(Cn3cccn3)c2)C2CC2)cc1. The van der Waals surface area contributed by atoms with Crippen molar-refractivity contribution in [2.24, 2.45) is 5.92 Å². The molecular weight excluding hydrogens is 330 g/mol. The van der Waals surface area contributed by atoms with Gasteiger partial charge in [-0.25, -0.2) is 0 Å². The Bertz CT molecular complexity index is 807. The van der Waals surface area contributed by atoms with Crippen molar-refractivity contribution in [3.63, 3.8) is 0 Å². The van der Waals surface area contributed by atoms with Gasteiger partial charge in [-0.15, -0.1) is 0 Å². The van der Waals surface area contributed by atoms with E-state index in [1.807, 2.05) is 35.3 Å². The Balaban J connectivity index is 1.43. The average Bonchev–Trinajstić information content (AvgIpc) is 3.34. The van der Waals surface area contributed by atoms with Crippen LogP contribution in [0.3, 0.4) is 0 Å². The summed E-state index contributed by atoms with van der Waals surface area (Å²) in [4.78, 5) is 0. The third-order valence-electron chi connectivity index (χ3n) is 4.74. The Morgan fingerprint density at radius 2 is 1.88 bits per heavy atom. The minimum Gasteiger partial charge on any atom is -0.306 e. The van der Waals surface area contributed by atoms with E-state index in [1.54, 1.807) is 0 Å². The molecule has 25 heavy (non-hydrogen) atoms. The molecule has 1 aliphatic rings. The average molecular weight is 352 g/mol. The summed E-state index contributed by atoms with van der Waals surface area (Å²) in [6.07, 6.45) is 6.42. The van der Waals surface area contributed by atoms with Gasteiger partial charge in [0.05, 0.1) is 6.54 Å². The minimum absolute atomic E-state index is 0.409. The van der Waals surface area contributed by atoms with Gasteiger partial charge in [0, 0.05) is 30.0 Å². The van der Waals surface area contributed by atoms with Gasteiger partial charge in [0.2, 0.25) is 0 Å². The third kappa shape index (κ3) is 4.30. The van der Waals surface area contributed by atoms with E-state index in [-0.39, 0.29) is 0 Å². The summed E-state index contributed by atoms with van der Waals surface area (Å²) in [5, 5.41) is 8.83. The molecule has 1 heterocycles. The van der Waals surface area contributed by atoms with Gasteiger partial charge in [0.25, 0.3) is 0 Å². The second-order valence-electron chi connectivity index (χ2n) is 6.77. The van der Waals surface area contributed by atoms with E-state index >= 15 is 0 Å². The van der Waals surface area contributed by atoms with Gasteiger partial charge in [-0.2, -0.15) is 5.10 Å². The van der Waals surface area contributed by atoms with Crippen molar-refractivity contribution in [3.8, 4) is 0 Å². The van der Waals surface area contributed by atoms with Crippen LogP contribution in [0.5, 0.6) is 0 Å². The van der Waals surface area contributed by atoms with Crippen LogP contribution < -0.4 is 5.32 Å². The molecule has 0 aliphatic heterocycles. The van der Waals surface area contributed by atoms with Gasteiger partial charge in [0.15, 0.2) is 0 Å². The van der Waals surface area contributed by atoms with Gasteiger partial charge in [-0.05, 0) is 53.6 Å². The number of rotatable bonds is 7. The van der Waals surface area contributed by atoms with Crippen molar-refractivity contribution >= 4 is 11.6 Å². The van der Waals surface area contributed by atoms with Crippen LogP contribution in [0.15, 0.2) is 67.0 Å². The molecule has 2 aromatic carbocycles. The van der Waals surface area contributed by atoms with Gasteiger partial charge in [0.1, 0.15) is 0 Å². The molecule has 4 heteroatoms. The second-order valence-corrected chi connectivity index (χ2v) is 7.21. The van der Waals surface area contributed by atoms with Crippen molar-refractivity contribution < 1.29 is 0 Å². The molecule has 0 saturated heterocycles. The highest BCUT2D eigenvalue weighted by molar-refractivity contribution is 6.30. The quantitative estimate of drug-likeness (QED) is 0.661. The maximum Gasteiger partial charge on any atom is 0.0659 e. The predicted octanol–water partition coefficient (Wildman–Crippen LogP) is 4.83. The van der Waals surface area contributed by atoms with E-state index in [9.17, 15) is 0 Å². The fourth-order valence-electron chi connectivity index (χ4n) is 3.30. The number of halogens is 1. The number of nitrogens with one attached hydrogen (secondary N) is 1. The Labute approximate surface area is 153 Å². The Kier molecular flexibility index (Phi) is 4.86. The maximum absolute atomic E-state index is 6.03. The van der Waals surface area contributed by atoms with Crippen LogP contribution in [0, 0.1) is 5.92 Å². The largest absolute Gasteiger partial charge is 0.306 e. The van der Waals surface area contributed by atoms with Gasteiger partial charge >= 0.3 is 0 Å². The highest BCUT2D eigenvalue weighted by Gasteiger charge is 2.31. The Hall–Kier alpha value is -2.10. The lowest BCUT2D eigenvalue weighted by Gasteiger charge is -2.19. The van der Waals surface area contributed by atoms with E-state index in [4.69, 9.17) is 11.6 Å². The van der Waals surface area contributed by atoms with Crippen molar-refractivity contribution in [1.82, 2.24) is 15.1 Å². The first-order chi connectivity index (χ1) is 12.3. The lowest BCUT2D eigenvalue weighted by Crippen LogP contribution is -2.22. The zero-order chi connectivity index (χ0) is 17.1. The first-order valence-corrected chi connectivity index (χ1v) is 9.20. The second kappa shape index (κ2) is 7.42. The molecule has 128 valence electrons. The third-order valence-corrected chi connectivity index (χ3v) is 5.00. The number of hydrogen-bond donors (Lipinski definition) is 1. The molecule has 4 rings (SSSR count). The Morgan fingerprint density at radius 3 is 2.60 bits per heavy atom. The summed E-state index contributed by atoms with van der Waals surface area (Å²) < 4.78 is 1.95. The zero-order valence-corrected chi connectivity index (χ0v) is 14.9. The molecule has 1 aliphatic carbocycles. The lowest BCUT2D eigenvalue weighted by molar-refractivity contribution is 0.480. The molecule has 1 atom stereocenters. The van der Waals surface area contributed by atoms with Crippen LogP contribution in [-0.2, 0) is 13.1 Å². The standard InChI is InChI=1S/C21H22ClN3/c22-20-9-7-19(8-10-20)21(18-5-6-18)23-14-16-3-1-4-17(13-16)15-25-12-2-11-24-25/h1-4,7-13,18,21,23H,5-6,14-15H2. The maximum atomic E-state index is 6.03. The van der Waals surface area contributed by atoms with Crippen LogP contribution in [-0.4, -0.2) is 9.78 Å². The summed E-state index contributed by atoms with van der Waals surface area (Å²) in [7, 11) is 0. The number of benzene rings is 2. The van der Waals surface area contributed by atoms with Gasteiger partial charge < -0.3 is 5.32 Å². The van der Waals surface area contributed by atoms with Crippen LogP contribution in [0.4, 0.5) is 0 Å². The van der Waals surface area contributed by atoms with Crippen molar-refractivity contribution in [1.29, 1.82) is 0 Å². The molecule has 0 spiro atoms. The predicted molar refractivity (Wildman–Crippen MR) is 102 cm³/mol. The van der Waals surface area contributed by atoms with Crippen LogP contribution in [0.1, 0.15) is 35.6 Å². The molecule has 1 fully saturated rings. The highest BCUT2D eigenvalue weighted by atomic mass is 35.5. The molecule has 3 nitrogen and oxygen atoms in total. The molecule has 0 bridgehead atoms. The Morgan fingerprint density at radius 1 is 1.08 bits per heavy atom. The molecule has 0 amide bonds. The molecule has 3 aromatic rings. The summed E-state index contributed by atoms with van der Waals surface area (Å²) in [6, 6.07) is 19.4. The summed E-state index contributed by atoms with van der Waals surface area (Å²) in [6.45, 7) is 1.68. The fourth-order valence-corrected chi connectivity index (χ4v) is 3.43. The van der Waals surface area contributed by atoms with E-state index in [2.05, 4.69) is 46.8 Å². The molecular formula is C21H22ClN3. The van der Waals surface area contributed by atoms with Gasteiger partial charge in [-0.1, -0.05) is 48.0 Å². The zero-order valence-electron chi connectivity index (χ0n) is 14.1. The van der Waals surface area contributed by atoms with E-state index in [0.29, 0.717) is 6.04 Å². The lowest BCUT2D eigenvalue weighted by atomic mass is 10.0. The molecule has 1 aromatic heterocycles. The van der Waals surface area contributed by atoms with Crippen LogP contribution in [0.2, 0.25) is 5.02 Å². The molecule has 1 N–H and O–H groups in total. The van der Waals surface area contributed by atoms with E-state index < -0.39 is 0 Å². The van der Waals surface area contributed by atoms with E-state index in [1.165, 1.54) is 29.5 Å². The van der Waals surface area contributed by atoms with Crippen molar-refractivity contribution in [3.05, 3.63) is 88.7 Å². The topological polar surface area (TPSA) is 29.9 Å². The fraction of sp³-hybridized carbons (Fsp3) is 0.286. The minimum atomic E-state index is 0.409. The van der Waals surface area contributed by atoms with E-state index in [0.717, 1.165) is 24.0 Å². The highest BCUT2D eigenvalue weighted by Crippen LogP contribution is 2.41. The first-order valence-electron chi connectivity index (χ1n) is 8.82. The number of hydrogen-bond acceptors (Lipinski definition) is 2.